The molecule has 2 aliphatic heterocycles. The van der Waals surface area contributed by atoms with E-state index in [1.54, 1.807) is 17.9 Å². The number of hydrogen-bond acceptors (Lipinski definition) is 4. The molecule has 2 atom stereocenters. The van der Waals surface area contributed by atoms with Crippen molar-refractivity contribution >= 4 is 11.6 Å². The van der Waals surface area contributed by atoms with Crippen LogP contribution >= 0.6 is 0 Å². The summed E-state index contributed by atoms with van der Waals surface area (Å²) in [6.07, 6.45) is 4.71. The molecular weight excluding hydrogens is 469 g/mol. The molecule has 0 radical (unpaired) electrons. The Kier molecular flexibility index (Phi) is 5.00. The minimum absolute atomic E-state index is 0.102. The first-order valence-corrected chi connectivity index (χ1v) is 12.0. The van der Waals surface area contributed by atoms with Crippen molar-refractivity contribution in [2.24, 2.45) is 7.05 Å². The number of amides is 1. The number of aromatic nitrogens is 5. The number of carbonyl (C=O) groups is 1. The zero-order valence-corrected chi connectivity index (χ0v) is 20.4. The predicted octanol–water partition coefficient (Wildman–Crippen LogP) is 4.76. The average molecular weight is 495 g/mol. The van der Waals surface area contributed by atoms with E-state index in [1.165, 1.54) is 0 Å². The van der Waals surface area contributed by atoms with Crippen LogP contribution in [0.5, 0.6) is 0 Å². The van der Waals surface area contributed by atoms with Crippen molar-refractivity contribution in [3.63, 3.8) is 0 Å². The molecule has 1 amide bonds. The molecule has 3 aromatic heterocycles. The summed E-state index contributed by atoms with van der Waals surface area (Å²) in [5.74, 6) is -4.08. The van der Waals surface area contributed by atoms with Gasteiger partial charge in [0.05, 0.1) is 28.8 Å². The first kappa shape index (κ1) is 22.8. The molecule has 1 fully saturated rings. The molecule has 10 heteroatoms. The van der Waals surface area contributed by atoms with Gasteiger partial charge < -0.3 is 4.90 Å². The van der Waals surface area contributed by atoms with Gasteiger partial charge in [0.25, 0.3) is 5.91 Å². The topological polar surface area (TPSA) is 68.3 Å². The number of piperidine rings is 1. The van der Waals surface area contributed by atoms with E-state index in [9.17, 15) is 18.0 Å². The number of aryl methyl sites for hydroxylation is 4. The van der Waals surface area contributed by atoms with Crippen LogP contribution in [0.2, 0.25) is 0 Å². The molecule has 2 aliphatic rings. The normalized spacial score (nSPS) is 19.1. The van der Waals surface area contributed by atoms with Gasteiger partial charge in [-0.25, -0.2) is 18.2 Å². The Bertz CT molecular complexity index is 1550. The molecule has 1 saturated heterocycles. The van der Waals surface area contributed by atoms with E-state index < -0.39 is 17.5 Å². The number of halogens is 3. The third-order valence-corrected chi connectivity index (χ3v) is 7.54. The van der Waals surface area contributed by atoms with Crippen LogP contribution in [0, 0.1) is 38.2 Å². The SMILES string of the molecule is Cc1nc2c(C)ncc(C)n2c1C(=O)N1[C@H]2CCC[C@@H]1c1nn(C)c(-c3cc(F)c(F)c(F)c3)c1C2. The van der Waals surface area contributed by atoms with Gasteiger partial charge >= 0.3 is 0 Å². The minimum Gasteiger partial charge on any atom is -0.325 e. The van der Waals surface area contributed by atoms with Gasteiger partial charge in [0.15, 0.2) is 23.1 Å². The Balaban J connectivity index is 1.48. The first-order chi connectivity index (χ1) is 17.2. The molecule has 186 valence electrons. The average Bonchev–Trinajstić information content (AvgIpc) is 3.36. The summed E-state index contributed by atoms with van der Waals surface area (Å²) in [5.41, 5.74) is 5.76. The molecule has 0 unspecified atom stereocenters. The number of rotatable bonds is 2. The first-order valence-electron chi connectivity index (χ1n) is 12.0. The van der Waals surface area contributed by atoms with Gasteiger partial charge in [0, 0.05) is 36.1 Å². The monoisotopic (exact) mass is 494 g/mol. The van der Waals surface area contributed by atoms with Crippen LogP contribution in [0.3, 0.4) is 0 Å². The van der Waals surface area contributed by atoms with E-state index in [0.29, 0.717) is 29.1 Å². The van der Waals surface area contributed by atoms with E-state index >= 15 is 0 Å². The van der Waals surface area contributed by atoms with Crippen LogP contribution in [0.15, 0.2) is 18.3 Å². The van der Waals surface area contributed by atoms with Gasteiger partial charge in [0.1, 0.15) is 5.69 Å². The minimum atomic E-state index is -1.49. The molecule has 6 rings (SSSR count). The van der Waals surface area contributed by atoms with Crippen molar-refractivity contribution in [2.75, 3.05) is 0 Å². The second-order valence-corrected chi connectivity index (χ2v) is 9.80. The zero-order chi connectivity index (χ0) is 25.5. The van der Waals surface area contributed by atoms with Crippen molar-refractivity contribution in [1.82, 2.24) is 29.0 Å². The van der Waals surface area contributed by atoms with Crippen LogP contribution in [-0.4, -0.2) is 41.0 Å². The fraction of sp³-hybridized carbons (Fsp3) is 0.385. The summed E-state index contributed by atoms with van der Waals surface area (Å²) in [4.78, 5) is 25.1. The fourth-order valence-electron chi connectivity index (χ4n) is 6.00. The lowest BCUT2D eigenvalue weighted by atomic mass is 9.81. The summed E-state index contributed by atoms with van der Waals surface area (Å²) < 4.78 is 45.2. The second-order valence-electron chi connectivity index (χ2n) is 9.80. The van der Waals surface area contributed by atoms with Crippen LogP contribution < -0.4 is 0 Å². The smallest absolute Gasteiger partial charge is 0.273 e. The summed E-state index contributed by atoms with van der Waals surface area (Å²) >= 11 is 0. The maximum atomic E-state index is 14.1. The van der Waals surface area contributed by atoms with E-state index in [1.807, 2.05) is 30.1 Å². The summed E-state index contributed by atoms with van der Waals surface area (Å²) in [7, 11) is 1.71. The summed E-state index contributed by atoms with van der Waals surface area (Å²) in [6.45, 7) is 5.60. The Morgan fingerprint density at radius 3 is 2.50 bits per heavy atom. The van der Waals surface area contributed by atoms with Crippen LogP contribution in [0.1, 0.15) is 64.1 Å². The highest BCUT2D eigenvalue weighted by Gasteiger charge is 2.44. The number of benzene rings is 1. The highest BCUT2D eigenvalue weighted by Crippen LogP contribution is 2.45. The van der Waals surface area contributed by atoms with Crippen molar-refractivity contribution in [3.8, 4) is 11.3 Å². The molecule has 0 spiro atoms. The van der Waals surface area contributed by atoms with E-state index in [4.69, 9.17) is 5.10 Å². The van der Waals surface area contributed by atoms with Gasteiger partial charge in [-0.3, -0.25) is 18.9 Å². The number of carbonyl (C=O) groups excluding carboxylic acids is 1. The molecule has 36 heavy (non-hydrogen) atoms. The van der Waals surface area contributed by atoms with Gasteiger partial charge in [0.2, 0.25) is 0 Å². The second kappa shape index (κ2) is 7.91. The van der Waals surface area contributed by atoms with Crippen molar-refractivity contribution in [1.29, 1.82) is 0 Å². The molecule has 0 N–H and O–H groups in total. The maximum Gasteiger partial charge on any atom is 0.273 e. The molecule has 7 nitrogen and oxygen atoms in total. The Labute approximate surface area is 205 Å². The molecule has 2 bridgehead atoms. The third-order valence-electron chi connectivity index (χ3n) is 7.54. The van der Waals surface area contributed by atoms with Crippen LogP contribution in [-0.2, 0) is 13.5 Å². The molecule has 1 aromatic carbocycles. The maximum absolute atomic E-state index is 14.1. The van der Waals surface area contributed by atoms with Crippen LogP contribution in [0.25, 0.3) is 16.9 Å². The number of fused-ring (bicyclic) bond motifs is 5. The Morgan fingerprint density at radius 1 is 1.06 bits per heavy atom. The lowest BCUT2D eigenvalue weighted by Gasteiger charge is -2.45. The number of hydrogen-bond donors (Lipinski definition) is 0. The predicted molar refractivity (Wildman–Crippen MR) is 126 cm³/mol. The lowest BCUT2D eigenvalue weighted by molar-refractivity contribution is 0.0384. The lowest BCUT2D eigenvalue weighted by Crippen LogP contribution is -2.50. The van der Waals surface area contributed by atoms with Crippen molar-refractivity contribution in [3.05, 3.63) is 69.8 Å². The van der Waals surface area contributed by atoms with Gasteiger partial charge in [-0.15, -0.1) is 0 Å². The largest absolute Gasteiger partial charge is 0.325 e. The van der Waals surface area contributed by atoms with E-state index in [-0.39, 0.29) is 23.6 Å². The Morgan fingerprint density at radius 2 is 1.78 bits per heavy atom. The van der Waals surface area contributed by atoms with Gasteiger partial charge in [-0.05, 0) is 58.6 Å². The van der Waals surface area contributed by atoms with E-state index in [2.05, 4.69) is 9.97 Å². The molecule has 4 aromatic rings. The number of nitrogens with zero attached hydrogens (tertiary/aromatic N) is 6. The zero-order valence-electron chi connectivity index (χ0n) is 20.4. The van der Waals surface area contributed by atoms with Gasteiger partial charge in [-0.2, -0.15) is 5.10 Å². The van der Waals surface area contributed by atoms with E-state index in [0.717, 1.165) is 54.0 Å². The Hall–Kier alpha value is -3.69. The van der Waals surface area contributed by atoms with Crippen molar-refractivity contribution in [2.45, 2.75) is 58.5 Å². The molecule has 0 aliphatic carbocycles. The fourth-order valence-corrected chi connectivity index (χ4v) is 6.00. The quantitative estimate of drug-likeness (QED) is 0.377. The van der Waals surface area contributed by atoms with Crippen molar-refractivity contribution < 1.29 is 18.0 Å². The summed E-state index contributed by atoms with van der Waals surface area (Å²) in [5, 5.41) is 4.71. The third kappa shape index (κ3) is 3.12. The molecule has 0 saturated carbocycles. The van der Waals surface area contributed by atoms with Crippen LogP contribution in [0.4, 0.5) is 13.2 Å². The highest BCUT2D eigenvalue weighted by molar-refractivity contribution is 5.96. The standard InChI is InChI=1S/C26H25F3N6O/c1-12-11-30-14(3)25-31-13(2)23(34(12)25)26(36)35-16-6-5-7-20(35)22-17(10-16)24(33(4)32-22)15-8-18(27)21(29)19(28)9-15/h8-9,11,16,20H,5-7,10H2,1-4H3/t16-,20+/m0/s1. The summed E-state index contributed by atoms with van der Waals surface area (Å²) in [6, 6.07) is 1.63. The van der Waals surface area contributed by atoms with Gasteiger partial charge in [-0.1, -0.05) is 0 Å². The number of imidazole rings is 1. The molecular formula is C26H25F3N6O. The highest BCUT2D eigenvalue weighted by atomic mass is 19.2. The molecule has 5 heterocycles.